The van der Waals surface area contributed by atoms with Gasteiger partial charge in [-0.15, -0.1) is 0 Å². The lowest BCUT2D eigenvalue weighted by Crippen LogP contribution is -2.30. The van der Waals surface area contributed by atoms with Crippen LogP contribution in [0.1, 0.15) is 48.8 Å². The maximum Gasteiger partial charge on any atom is 0.242 e. The van der Waals surface area contributed by atoms with Gasteiger partial charge >= 0.3 is 0 Å². The van der Waals surface area contributed by atoms with Gasteiger partial charge < -0.3 is 4.57 Å². The molecule has 0 saturated carbocycles. The van der Waals surface area contributed by atoms with Gasteiger partial charge in [-0.1, -0.05) is 40.5 Å². The van der Waals surface area contributed by atoms with E-state index < -0.39 is 0 Å². The van der Waals surface area contributed by atoms with Crippen molar-refractivity contribution in [3.63, 3.8) is 0 Å². The van der Waals surface area contributed by atoms with Crippen LogP contribution in [-0.2, 0) is 16.1 Å². The smallest absolute Gasteiger partial charge is 0.242 e. The summed E-state index contributed by atoms with van der Waals surface area (Å²) < 4.78 is 3.38. The van der Waals surface area contributed by atoms with Crippen molar-refractivity contribution in [3.8, 4) is 0 Å². The Kier molecular flexibility index (Phi) is 3.79. The van der Waals surface area contributed by atoms with Crippen LogP contribution in [-0.4, -0.2) is 16.4 Å². The number of rotatable bonds is 1. The van der Waals surface area contributed by atoms with E-state index in [4.69, 9.17) is 0 Å². The van der Waals surface area contributed by atoms with E-state index in [0.717, 1.165) is 41.2 Å². The third kappa shape index (κ3) is 2.37. The zero-order chi connectivity index (χ0) is 19.7. The summed E-state index contributed by atoms with van der Waals surface area (Å²) in [6, 6.07) is 15.9. The number of amides is 2. The third-order valence-corrected chi connectivity index (χ3v) is 7.51. The Morgan fingerprint density at radius 3 is 2.55 bits per heavy atom. The van der Waals surface area contributed by atoms with Crippen LogP contribution in [0.5, 0.6) is 0 Å². The molecule has 5 heteroatoms. The molecular weight excluding hydrogens is 428 g/mol. The molecule has 0 spiro atoms. The lowest BCUT2D eigenvalue weighted by Gasteiger charge is -2.30. The van der Waals surface area contributed by atoms with Gasteiger partial charge in [-0.3, -0.25) is 9.59 Å². The standard InChI is InChI=1S/C24H21BrN2O2/c25-15-8-10-16(11-9-15)27-23(28)18-13-14-5-3-4-12-26-19-7-2-1-6-17(19)20(22(14)26)21(18)24(27)29/h1-2,6-11,14,18,21H,3-5,12-13H2. The highest BCUT2D eigenvalue weighted by atomic mass is 79.9. The molecule has 29 heavy (non-hydrogen) atoms. The number of carbonyl (C=O) groups is 2. The van der Waals surface area contributed by atoms with E-state index in [-0.39, 0.29) is 23.7 Å². The number of nitrogens with zero attached hydrogens (tertiary/aromatic N) is 2. The van der Waals surface area contributed by atoms with Crippen LogP contribution in [0.15, 0.2) is 53.0 Å². The van der Waals surface area contributed by atoms with Crippen molar-refractivity contribution < 1.29 is 9.59 Å². The highest BCUT2D eigenvalue weighted by Crippen LogP contribution is 2.53. The average Bonchev–Trinajstić information content (AvgIpc) is 3.07. The van der Waals surface area contributed by atoms with Gasteiger partial charge in [0, 0.05) is 33.5 Å². The van der Waals surface area contributed by atoms with E-state index in [1.807, 2.05) is 30.3 Å². The molecule has 0 N–H and O–H groups in total. The maximum atomic E-state index is 13.6. The van der Waals surface area contributed by atoms with Crippen molar-refractivity contribution in [1.29, 1.82) is 0 Å². The molecule has 1 fully saturated rings. The van der Waals surface area contributed by atoms with Crippen LogP contribution in [0.4, 0.5) is 5.69 Å². The van der Waals surface area contributed by atoms with Gasteiger partial charge in [0.2, 0.25) is 11.8 Å². The molecule has 4 nitrogen and oxygen atoms in total. The van der Waals surface area contributed by atoms with Gasteiger partial charge in [0.05, 0.1) is 17.5 Å². The topological polar surface area (TPSA) is 42.3 Å². The number of carbonyl (C=O) groups excluding carboxylic acids is 2. The van der Waals surface area contributed by atoms with Crippen LogP contribution in [0.3, 0.4) is 0 Å². The SMILES string of the molecule is O=C1C2CC3CCCCn4c3c(c3ccccc34)C2C(=O)N1c1ccc(Br)cc1. The predicted octanol–water partition coefficient (Wildman–Crippen LogP) is 5.35. The summed E-state index contributed by atoms with van der Waals surface area (Å²) >= 11 is 3.44. The highest BCUT2D eigenvalue weighted by molar-refractivity contribution is 9.10. The second-order valence-corrected chi connectivity index (χ2v) is 9.38. The van der Waals surface area contributed by atoms with Crippen LogP contribution in [0.25, 0.3) is 10.9 Å². The number of fused-ring (bicyclic) bond motifs is 5. The molecule has 2 aliphatic heterocycles. The van der Waals surface area contributed by atoms with Gasteiger partial charge in [0.25, 0.3) is 0 Å². The van der Waals surface area contributed by atoms with E-state index in [1.54, 1.807) is 0 Å². The fourth-order valence-electron chi connectivity index (χ4n) is 5.83. The van der Waals surface area contributed by atoms with Gasteiger partial charge in [-0.25, -0.2) is 4.90 Å². The first-order chi connectivity index (χ1) is 14.1. The summed E-state index contributed by atoms with van der Waals surface area (Å²) in [4.78, 5) is 28.5. The van der Waals surface area contributed by atoms with Crippen molar-refractivity contribution in [2.75, 3.05) is 4.90 Å². The van der Waals surface area contributed by atoms with Crippen LogP contribution in [0.2, 0.25) is 0 Å². The van der Waals surface area contributed by atoms with Gasteiger partial charge in [0.15, 0.2) is 0 Å². The Bertz CT molecular complexity index is 1160. The Balaban J connectivity index is 1.56. The lowest BCUT2D eigenvalue weighted by atomic mass is 9.72. The quantitative estimate of drug-likeness (QED) is 0.470. The van der Waals surface area contributed by atoms with Gasteiger partial charge in [0.1, 0.15) is 0 Å². The Morgan fingerprint density at radius 2 is 1.72 bits per heavy atom. The van der Waals surface area contributed by atoms with E-state index in [0.29, 0.717) is 11.6 Å². The number of anilines is 1. The first-order valence-electron chi connectivity index (χ1n) is 10.4. The van der Waals surface area contributed by atoms with Crippen molar-refractivity contribution in [3.05, 3.63) is 64.3 Å². The Hall–Kier alpha value is -2.40. The molecule has 0 radical (unpaired) electrons. The molecular formula is C24H21BrN2O2. The number of para-hydroxylation sites is 1. The summed E-state index contributed by atoms with van der Waals surface area (Å²) in [7, 11) is 0. The fraction of sp³-hybridized carbons (Fsp3) is 0.333. The molecule has 2 amide bonds. The third-order valence-electron chi connectivity index (χ3n) is 6.98. The van der Waals surface area contributed by atoms with Crippen LogP contribution in [0, 0.1) is 5.92 Å². The number of benzene rings is 2. The summed E-state index contributed by atoms with van der Waals surface area (Å²) in [6.45, 7) is 1.00. The maximum absolute atomic E-state index is 13.6. The molecule has 1 saturated heterocycles. The minimum absolute atomic E-state index is 0.0333. The molecule has 3 unspecified atom stereocenters. The molecule has 1 aromatic heterocycles. The molecule has 2 aromatic carbocycles. The first-order valence-corrected chi connectivity index (χ1v) is 11.2. The Labute approximate surface area is 177 Å². The van der Waals surface area contributed by atoms with Crippen LogP contribution < -0.4 is 4.90 Å². The molecule has 6 rings (SSSR count). The van der Waals surface area contributed by atoms with E-state index in [2.05, 4.69) is 38.7 Å². The normalized spacial score (nSPS) is 25.8. The predicted molar refractivity (Wildman–Crippen MR) is 116 cm³/mol. The zero-order valence-corrected chi connectivity index (χ0v) is 17.6. The van der Waals surface area contributed by atoms with E-state index in [1.165, 1.54) is 22.5 Å². The van der Waals surface area contributed by atoms with Crippen molar-refractivity contribution in [2.24, 2.45) is 5.92 Å². The number of halogens is 1. The molecule has 3 atom stereocenters. The fourth-order valence-corrected chi connectivity index (χ4v) is 6.09. The second-order valence-electron chi connectivity index (χ2n) is 8.47. The van der Waals surface area contributed by atoms with Crippen molar-refractivity contribution >= 4 is 44.3 Å². The lowest BCUT2D eigenvalue weighted by molar-refractivity contribution is -0.122. The number of aryl methyl sites for hydroxylation is 1. The molecule has 146 valence electrons. The summed E-state index contributed by atoms with van der Waals surface area (Å²) in [5, 5.41) is 1.16. The van der Waals surface area contributed by atoms with Crippen LogP contribution >= 0.6 is 15.9 Å². The minimum atomic E-state index is -0.360. The Morgan fingerprint density at radius 1 is 0.931 bits per heavy atom. The molecule has 3 aromatic rings. The van der Waals surface area contributed by atoms with E-state index >= 15 is 0 Å². The second kappa shape index (κ2) is 6.30. The minimum Gasteiger partial charge on any atom is -0.344 e. The zero-order valence-electron chi connectivity index (χ0n) is 16.0. The summed E-state index contributed by atoms with van der Waals surface area (Å²) in [5.74, 6) is -0.344. The molecule has 3 aliphatic rings. The summed E-state index contributed by atoms with van der Waals surface area (Å²) in [5.41, 5.74) is 4.34. The number of aromatic nitrogens is 1. The summed E-state index contributed by atoms with van der Waals surface area (Å²) in [6.07, 6.45) is 4.22. The molecule has 3 heterocycles. The van der Waals surface area contributed by atoms with Gasteiger partial charge in [-0.2, -0.15) is 0 Å². The number of hydrogen-bond donors (Lipinski definition) is 0. The molecule has 0 bridgehead atoms. The highest BCUT2D eigenvalue weighted by Gasteiger charge is 2.54. The van der Waals surface area contributed by atoms with Crippen molar-refractivity contribution in [1.82, 2.24) is 4.57 Å². The number of hydrogen-bond acceptors (Lipinski definition) is 2. The average molecular weight is 449 g/mol. The number of imide groups is 1. The molecule has 1 aliphatic carbocycles. The van der Waals surface area contributed by atoms with Crippen molar-refractivity contribution in [2.45, 2.75) is 44.1 Å². The monoisotopic (exact) mass is 448 g/mol. The van der Waals surface area contributed by atoms with E-state index in [9.17, 15) is 9.59 Å². The largest absolute Gasteiger partial charge is 0.344 e. The van der Waals surface area contributed by atoms with Gasteiger partial charge in [-0.05, 0) is 55.2 Å². The first kappa shape index (κ1) is 17.5.